The second-order valence-corrected chi connectivity index (χ2v) is 5.38. The molecule has 3 N–H and O–H groups in total. The molecule has 2 atom stereocenters. The zero-order chi connectivity index (χ0) is 13.0. The molecule has 0 aliphatic heterocycles. The zero-order valence-electron chi connectivity index (χ0n) is 10.8. The van der Waals surface area contributed by atoms with Crippen molar-refractivity contribution in [2.75, 3.05) is 6.54 Å². The first-order valence-corrected chi connectivity index (χ1v) is 6.80. The van der Waals surface area contributed by atoms with Crippen molar-refractivity contribution in [2.24, 2.45) is 11.7 Å². The van der Waals surface area contributed by atoms with Crippen LogP contribution in [0.2, 0.25) is 5.02 Å². The number of amides is 1. The van der Waals surface area contributed by atoms with Gasteiger partial charge >= 0.3 is 0 Å². The molecule has 0 spiro atoms. The highest BCUT2D eigenvalue weighted by atomic mass is 35.5. The number of benzene rings is 1. The van der Waals surface area contributed by atoms with E-state index in [2.05, 4.69) is 5.32 Å². The average Bonchev–Trinajstić information content (AvgIpc) is 2.76. The van der Waals surface area contributed by atoms with Crippen LogP contribution in [0, 0.1) is 5.92 Å². The predicted octanol–water partition coefficient (Wildman–Crippen LogP) is 2.55. The molecule has 0 radical (unpaired) electrons. The Morgan fingerprint density at radius 2 is 2.21 bits per heavy atom. The maximum atomic E-state index is 11.9. The summed E-state index contributed by atoms with van der Waals surface area (Å²) in [5, 5.41) is 3.71. The Kier molecular flexibility index (Phi) is 6.63. The van der Waals surface area contributed by atoms with Crippen molar-refractivity contribution in [3.05, 3.63) is 34.9 Å². The first kappa shape index (κ1) is 16.3. The van der Waals surface area contributed by atoms with Crippen LogP contribution in [0.4, 0.5) is 0 Å². The summed E-state index contributed by atoms with van der Waals surface area (Å²) in [6.07, 6.45) is 3.52. The molecular weight excluding hydrogens is 283 g/mol. The minimum atomic E-state index is 0. The highest BCUT2D eigenvalue weighted by molar-refractivity contribution is 6.30. The smallest absolute Gasteiger partial charge is 0.223 e. The zero-order valence-corrected chi connectivity index (χ0v) is 12.3. The van der Waals surface area contributed by atoms with E-state index in [0.29, 0.717) is 6.54 Å². The fourth-order valence-electron chi connectivity index (χ4n) is 2.42. The maximum Gasteiger partial charge on any atom is 0.223 e. The van der Waals surface area contributed by atoms with E-state index in [4.69, 9.17) is 17.3 Å². The lowest BCUT2D eigenvalue weighted by Gasteiger charge is -2.10. The average molecular weight is 303 g/mol. The predicted molar refractivity (Wildman–Crippen MR) is 80.7 cm³/mol. The van der Waals surface area contributed by atoms with Crippen LogP contribution in [0.3, 0.4) is 0 Å². The van der Waals surface area contributed by atoms with Crippen LogP contribution >= 0.6 is 24.0 Å². The first-order valence-electron chi connectivity index (χ1n) is 6.43. The molecular formula is C14H20Cl2N2O. The van der Waals surface area contributed by atoms with Crippen LogP contribution in [0.1, 0.15) is 24.8 Å². The summed E-state index contributed by atoms with van der Waals surface area (Å²) in [5.41, 5.74) is 6.95. The third-order valence-electron chi connectivity index (χ3n) is 3.45. The lowest BCUT2D eigenvalue weighted by atomic mass is 10.1. The molecule has 1 aromatic rings. The van der Waals surface area contributed by atoms with Crippen LogP contribution < -0.4 is 11.1 Å². The number of rotatable bonds is 4. The standard InChI is InChI=1S/C14H19ClN2O.ClH/c15-12-3-1-2-10(8-12)6-7-17-14(18)11-4-5-13(16)9-11;/h1-3,8,11,13H,4-7,9,16H2,(H,17,18);1H. The molecule has 1 aliphatic carbocycles. The van der Waals surface area contributed by atoms with Gasteiger partial charge in [0.2, 0.25) is 5.91 Å². The molecule has 1 aromatic carbocycles. The number of hydrogen-bond acceptors (Lipinski definition) is 2. The topological polar surface area (TPSA) is 55.1 Å². The van der Waals surface area contributed by atoms with Crippen molar-refractivity contribution in [1.29, 1.82) is 0 Å². The Balaban J connectivity index is 0.00000180. The van der Waals surface area contributed by atoms with E-state index in [0.717, 1.165) is 36.3 Å². The minimum Gasteiger partial charge on any atom is -0.356 e. The monoisotopic (exact) mass is 302 g/mol. The Bertz CT molecular complexity index is 426. The molecule has 19 heavy (non-hydrogen) atoms. The largest absolute Gasteiger partial charge is 0.356 e. The normalized spacial score (nSPS) is 21.8. The van der Waals surface area contributed by atoms with Gasteiger partial charge < -0.3 is 11.1 Å². The van der Waals surface area contributed by atoms with Crippen molar-refractivity contribution < 1.29 is 4.79 Å². The lowest BCUT2D eigenvalue weighted by molar-refractivity contribution is -0.124. The number of nitrogens with two attached hydrogens (primary N) is 1. The van der Waals surface area contributed by atoms with Crippen molar-refractivity contribution in [3.63, 3.8) is 0 Å². The molecule has 0 heterocycles. The van der Waals surface area contributed by atoms with Gasteiger partial charge in [-0.05, 0) is 43.4 Å². The molecule has 2 unspecified atom stereocenters. The fourth-order valence-corrected chi connectivity index (χ4v) is 2.63. The summed E-state index contributed by atoms with van der Waals surface area (Å²) in [5.74, 6) is 0.254. The van der Waals surface area contributed by atoms with E-state index in [9.17, 15) is 4.79 Å². The summed E-state index contributed by atoms with van der Waals surface area (Å²) in [7, 11) is 0. The van der Waals surface area contributed by atoms with Crippen LogP contribution in [0.15, 0.2) is 24.3 Å². The molecule has 0 saturated heterocycles. The van der Waals surface area contributed by atoms with Crippen molar-refractivity contribution in [3.8, 4) is 0 Å². The molecule has 1 amide bonds. The van der Waals surface area contributed by atoms with Gasteiger partial charge in [-0.15, -0.1) is 12.4 Å². The fraction of sp³-hybridized carbons (Fsp3) is 0.500. The van der Waals surface area contributed by atoms with Gasteiger partial charge in [0.05, 0.1) is 0 Å². The number of carbonyl (C=O) groups excluding carboxylic acids is 1. The van der Waals surface area contributed by atoms with Gasteiger partial charge in [0.1, 0.15) is 0 Å². The van der Waals surface area contributed by atoms with Gasteiger partial charge in [-0.1, -0.05) is 23.7 Å². The third-order valence-corrected chi connectivity index (χ3v) is 3.68. The molecule has 3 nitrogen and oxygen atoms in total. The van der Waals surface area contributed by atoms with Crippen LogP contribution in [0.5, 0.6) is 0 Å². The second kappa shape index (κ2) is 7.73. The van der Waals surface area contributed by atoms with Crippen LogP contribution in [-0.4, -0.2) is 18.5 Å². The van der Waals surface area contributed by atoms with Gasteiger partial charge in [-0.3, -0.25) is 4.79 Å². The highest BCUT2D eigenvalue weighted by Crippen LogP contribution is 2.23. The second-order valence-electron chi connectivity index (χ2n) is 4.94. The van der Waals surface area contributed by atoms with E-state index in [1.165, 1.54) is 0 Å². The number of carbonyl (C=O) groups is 1. The lowest BCUT2D eigenvalue weighted by Crippen LogP contribution is -2.31. The minimum absolute atomic E-state index is 0. The van der Waals surface area contributed by atoms with Gasteiger partial charge in [-0.25, -0.2) is 0 Å². The Labute approximate surface area is 125 Å². The maximum absolute atomic E-state index is 11.9. The summed E-state index contributed by atoms with van der Waals surface area (Å²) in [6, 6.07) is 7.93. The van der Waals surface area contributed by atoms with Gasteiger partial charge in [-0.2, -0.15) is 0 Å². The Hall–Kier alpha value is -0.770. The molecule has 1 aliphatic rings. The molecule has 5 heteroatoms. The van der Waals surface area contributed by atoms with Gasteiger partial charge in [0.25, 0.3) is 0 Å². The summed E-state index contributed by atoms with van der Waals surface area (Å²) < 4.78 is 0. The number of hydrogen-bond donors (Lipinski definition) is 2. The van der Waals surface area contributed by atoms with Crippen LogP contribution in [-0.2, 0) is 11.2 Å². The van der Waals surface area contributed by atoms with Crippen molar-refractivity contribution >= 4 is 29.9 Å². The van der Waals surface area contributed by atoms with Crippen molar-refractivity contribution in [2.45, 2.75) is 31.7 Å². The first-order chi connectivity index (χ1) is 8.65. The molecule has 2 rings (SSSR count). The van der Waals surface area contributed by atoms with E-state index in [1.54, 1.807) is 0 Å². The molecule has 1 saturated carbocycles. The highest BCUT2D eigenvalue weighted by Gasteiger charge is 2.27. The molecule has 1 fully saturated rings. The Morgan fingerprint density at radius 1 is 1.42 bits per heavy atom. The summed E-state index contributed by atoms with van der Waals surface area (Å²) in [4.78, 5) is 11.9. The van der Waals surface area contributed by atoms with Gasteiger partial charge in [0.15, 0.2) is 0 Å². The molecule has 0 aromatic heterocycles. The van der Waals surface area contributed by atoms with E-state index in [1.807, 2.05) is 24.3 Å². The quantitative estimate of drug-likeness (QED) is 0.898. The van der Waals surface area contributed by atoms with E-state index in [-0.39, 0.29) is 30.3 Å². The van der Waals surface area contributed by atoms with E-state index >= 15 is 0 Å². The SMILES string of the molecule is Cl.NC1CCC(C(=O)NCCc2cccc(Cl)c2)C1. The summed E-state index contributed by atoms with van der Waals surface area (Å²) in [6.45, 7) is 0.658. The molecule has 106 valence electrons. The number of nitrogens with one attached hydrogen (secondary N) is 1. The third kappa shape index (κ3) is 5.01. The van der Waals surface area contributed by atoms with Crippen LogP contribution in [0.25, 0.3) is 0 Å². The van der Waals surface area contributed by atoms with Gasteiger partial charge in [0, 0.05) is 23.5 Å². The number of halogens is 2. The van der Waals surface area contributed by atoms with Crippen molar-refractivity contribution in [1.82, 2.24) is 5.32 Å². The molecule has 0 bridgehead atoms. The van der Waals surface area contributed by atoms with E-state index < -0.39 is 0 Å². The summed E-state index contributed by atoms with van der Waals surface area (Å²) >= 11 is 5.90. The Morgan fingerprint density at radius 3 is 2.84 bits per heavy atom.